The highest BCUT2D eigenvalue weighted by Crippen LogP contribution is 2.30. The van der Waals surface area contributed by atoms with Gasteiger partial charge in [-0.05, 0) is 24.3 Å². The van der Waals surface area contributed by atoms with Crippen LogP contribution in [0.25, 0.3) is 10.2 Å². The zero-order valence-electron chi connectivity index (χ0n) is 11.2. The fourth-order valence-corrected chi connectivity index (χ4v) is 3.87. The Morgan fingerprint density at radius 1 is 1.32 bits per heavy atom. The minimum Gasteiger partial charge on any atom is -0.506 e. The number of hydrogen-bond acceptors (Lipinski definition) is 5. The third kappa shape index (κ3) is 3.52. The molecule has 0 unspecified atom stereocenters. The van der Waals surface area contributed by atoms with Crippen LogP contribution in [0.3, 0.4) is 0 Å². The molecule has 0 saturated heterocycles. The number of carbonyl (C=O) groups is 1. The number of rotatable bonds is 4. The van der Waals surface area contributed by atoms with Gasteiger partial charge in [-0.15, -0.1) is 11.3 Å². The summed E-state index contributed by atoms with van der Waals surface area (Å²) in [5.74, 6) is -0.0326. The number of nitrogens with zero attached hydrogens (tertiary/aromatic N) is 1. The Morgan fingerprint density at radius 2 is 2.14 bits per heavy atom. The Labute approximate surface area is 140 Å². The molecule has 0 aliphatic rings. The predicted octanol–water partition coefficient (Wildman–Crippen LogP) is 4.39. The Balaban J connectivity index is 1.62. The Kier molecular flexibility index (Phi) is 4.52. The van der Waals surface area contributed by atoms with Crippen LogP contribution in [0.2, 0.25) is 5.02 Å². The Morgan fingerprint density at radius 3 is 2.91 bits per heavy atom. The van der Waals surface area contributed by atoms with Crippen LogP contribution in [0, 0.1) is 0 Å². The maximum atomic E-state index is 11.9. The van der Waals surface area contributed by atoms with Crippen LogP contribution in [0.1, 0.15) is 0 Å². The number of aromatic hydroxyl groups is 1. The van der Waals surface area contributed by atoms with Gasteiger partial charge in [0.2, 0.25) is 5.91 Å². The van der Waals surface area contributed by atoms with E-state index in [0.29, 0.717) is 10.7 Å². The number of halogens is 1. The van der Waals surface area contributed by atoms with E-state index in [0.717, 1.165) is 14.6 Å². The zero-order chi connectivity index (χ0) is 15.5. The topological polar surface area (TPSA) is 62.2 Å². The van der Waals surface area contributed by atoms with Gasteiger partial charge in [-0.3, -0.25) is 4.79 Å². The van der Waals surface area contributed by atoms with Crippen molar-refractivity contribution >= 4 is 56.5 Å². The molecule has 2 N–H and O–H groups in total. The lowest BCUT2D eigenvalue weighted by atomic mass is 10.3. The van der Waals surface area contributed by atoms with E-state index in [9.17, 15) is 9.90 Å². The second kappa shape index (κ2) is 6.56. The van der Waals surface area contributed by atoms with Crippen LogP contribution in [0.4, 0.5) is 5.69 Å². The molecule has 0 radical (unpaired) electrons. The van der Waals surface area contributed by atoms with Crippen molar-refractivity contribution in [1.82, 2.24) is 4.98 Å². The van der Waals surface area contributed by atoms with E-state index < -0.39 is 0 Å². The molecule has 1 heterocycles. The maximum Gasteiger partial charge on any atom is 0.234 e. The highest BCUT2D eigenvalue weighted by molar-refractivity contribution is 8.01. The Bertz CT molecular complexity index is 802. The van der Waals surface area contributed by atoms with Gasteiger partial charge in [-0.2, -0.15) is 0 Å². The first-order chi connectivity index (χ1) is 10.6. The number of nitrogens with one attached hydrogen (secondary N) is 1. The SMILES string of the molecule is O=C(CSc1nc2ccccc2s1)Nc1ccc(Cl)cc1O. The van der Waals surface area contributed by atoms with Gasteiger partial charge in [0.25, 0.3) is 0 Å². The zero-order valence-corrected chi connectivity index (χ0v) is 13.6. The number of aromatic nitrogens is 1. The number of benzene rings is 2. The molecule has 7 heteroatoms. The molecule has 3 aromatic rings. The molecule has 0 atom stereocenters. The van der Waals surface area contributed by atoms with E-state index in [2.05, 4.69) is 10.3 Å². The molecule has 2 aromatic carbocycles. The molecule has 1 amide bonds. The Hall–Kier alpha value is -1.76. The summed E-state index contributed by atoms with van der Waals surface area (Å²) in [4.78, 5) is 16.4. The minimum absolute atomic E-state index is 0.0502. The third-order valence-electron chi connectivity index (χ3n) is 2.83. The number of carbonyl (C=O) groups excluding carboxylic acids is 1. The van der Waals surface area contributed by atoms with E-state index in [1.165, 1.54) is 17.8 Å². The van der Waals surface area contributed by atoms with Crippen molar-refractivity contribution in [1.29, 1.82) is 0 Å². The lowest BCUT2D eigenvalue weighted by Crippen LogP contribution is -2.13. The largest absolute Gasteiger partial charge is 0.506 e. The van der Waals surface area contributed by atoms with Crippen LogP contribution >= 0.6 is 34.7 Å². The average Bonchev–Trinajstić information content (AvgIpc) is 2.91. The second-order valence-corrected chi connectivity index (χ2v) is 7.14. The minimum atomic E-state index is -0.207. The quantitative estimate of drug-likeness (QED) is 0.541. The van der Waals surface area contributed by atoms with E-state index in [4.69, 9.17) is 11.6 Å². The van der Waals surface area contributed by atoms with Crippen LogP contribution in [-0.2, 0) is 4.79 Å². The van der Waals surface area contributed by atoms with Crippen molar-refractivity contribution in [3.8, 4) is 5.75 Å². The van der Waals surface area contributed by atoms with Gasteiger partial charge in [-0.1, -0.05) is 35.5 Å². The summed E-state index contributed by atoms with van der Waals surface area (Å²) in [6, 6.07) is 12.4. The fraction of sp³-hybridized carbons (Fsp3) is 0.0667. The summed E-state index contributed by atoms with van der Waals surface area (Å²) in [5.41, 5.74) is 1.28. The summed E-state index contributed by atoms with van der Waals surface area (Å²) < 4.78 is 1.94. The lowest BCUT2D eigenvalue weighted by molar-refractivity contribution is -0.113. The van der Waals surface area contributed by atoms with E-state index >= 15 is 0 Å². The van der Waals surface area contributed by atoms with Gasteiger partial charge < -0.3 is 10.4 Å². The van der Waals surface area contributed by atoms with Gasteiger partial charge in [-0.25, -0.2) is 4.98 Å². The molecule has 4 nitrogen and oxygen atoms in total. The van der Waals surface area contributed by atoms with Crippen LogP contribution in [-0.4, -0.2) is 21.8 Å². The fourth-order valence-electron chi connectivity index (χ4n) is 1.84. The van der Waals surface area contributed by atoms with Crippen molar-refractivity contribution in [2.24, 2.45) is 0 Å². The highest BCUT2D eigenvalue weighted by Gasteiger charge is 2.10. The number of fused-ring (bicyclic) bond motifs is 1. The van der Waals surface area contributed by atoms with E-state index in [1.54, 1.807) is 23.5 Å². The van der Waals surface area contributed by atoms with Crippen molar-refractivity contribution < 1.29 is 9.90 Å². The number of anilines is 1. The first-order valence-corrected chi connectivity index (χ1v) is 8.56. The predicted molar refractivity (Wildman–Crippen MR) is 92.1 cm³/mol. The molecular formula is C15H11ClN2O2S2. The van der Waals surface area contributed by atoms with E-state index in [-0.39, 0.29) is 17.4 Å². The summed E-state index contributed by atoms with van der Waals surface area (Å²) in [7, 11) is 0. The molecule has 22 heavy (non-hydrogen) atoms. The lowest BCUT2D eigenvalue weighted by Gasteiger charge is -2.06. The molecule has 112 valence electrons. The molecule has 0 aliphatic carbocycles. The molecule has 0 saturated carbocycles. The molecule has 0 bridgehead atoms. The van der Waals surface area contributed by atoms with Gasteiger partial charge in [0.1, 0.15) is 5.75 Å². The van der Waals surface area contributed by atoms with E-state index in [1.807, 2.05) is 24.3 Å². The molecule has 0 aliphatic heterocycles. The van der Waals surface area contributed by atoms with Gasteiger partial charge in [0, 0.05) is 11.1 Å². The van der Waals surface area contributed by atoms with Crippen molar-refractivity contribution in [3.05, 3.63) is 47.5 Å². The summed E-state index contributed by atoms with van der Waals surface area (Å²) in [6.45, 7) is 0. The van der Waals surface area contributed by atoms with Gasteiger partial charge >= 0.3 is 0 Å². The van der Waals surface area contributed by atoms with Gasteiger partial charge in [0.05, 0.1) is 21.7 Å². The average molecular weight is 351 g/mol. The van der Waals surface area contributed by atoms with Crippen LogP contribution in [0.5, 0.6) is 5.75 Å². The van der Waals surface area contributed by atoms with Crippen molar-refractivity contribution in [3.63, 3.8) is 0 Å². The van der Waals surface area contributed by atoms with Gasteiger partial charge in [0.15, 0.2) is 4.34 Å². The van der Waals surface area contributed by atoms with Crippen LogP contribution < -0.4 is 5.32 Å². The third-order valence-corrected chi connectivity index (χ3v) is 5.25. The number of thioether (sulfide) groups is 1. The molecule has 1 aromatic heterocycles. The monoisotopic (exact) mass is 350 g/mol. The van der Waals surface area contributed by atoms with Crippen LogP contribution in [0.15, 0.2) is 46.8 Å². The number of phenols is 1. The number of hydrogen-bond donors (Lipinski definition) is 2. The van der Waals surface area contributed by atoms with Crippen molar-refractivity contribution in [2.45, 2.75) is 4.34 Å². The second-order valence-electron chi connectivity index (χ2n) is 4.45. The first-order valence-electron chi connectivity index (χ1n) is 6.38. The molecule has 3 rings (SSSR count). The number of phenolic OH excluding ortho intramolecular Hbond substituents is 1. The molecular weight excluding hydrogens is 340 g/mol. The smallest absolute Gasteiger partial charge is 0.234 e. The maximum absolute atomic E-state index is 11.9. The number of para-hydroxylation sites is 1. The molecule has 0 fully saturated rings. The number of thiazole rings is 1. The molecule has 0 spiro atoms. The summed E-state index contributed by atoms with van der Waals surface area (Å²) in [6.07, 6.45) is 0. The summed E-state index contributed by atoms with van der Waals surface area (Å²) in [5, 5.41) is 12.8. The summed E-state index contributed by atoms with van der Waals surface area (Å²) >= 11 is 8.68. The standard InChI is InChI=1S/C15H11ClN2O2S2/c16-9-5-6-10(12(19)7-9)17-14(20)8-21-15-18-11-3-1-2-4-13(11)22-15/h1-7,19H,8H2,(H,17,20). The normalized spacial score (nSPS) is 10.8. The van der Waals surface area contributed by atoms with Crippen molar-refractivity contribution in [2.75, 3.05) is 11.1 Å². The first kappa shape index (κ1) is 15.1. The highest BCUT2D eigenvalue weighted by atomic mass is 35.5. The number of amides is 1.